The van der Waals surface area contributed by atoms with Crippen LogP contribution in [0.2, 0.25) is 4.34 Å². The van der Waals surface area contributed by atoms with Gasteiger partial charge < -0.3 is 10.6 Å². The van der Waals surface area contributed by atoms with Crippen molar-refractivity contribution in [2.45, 2.75) is 39.2 Å². The maximum atomic E-state index is 6.16. The highest BCUT2D eigenvalue weighted by molar-refractivity contribution is 7.19. The number of fused-ring (bicyclic) bond motifs is 1. The van der Waals surface area contributed by atoms with Crippen molar-refractivity contribution in [2.24, 2.45) is 5.92 Å². The van der Waals surface area contributed by atoms with Crippen LogP contribution in [0.4, 0.5) is 5.69 Å². The Morgan fingerprint density at radius 1 is 1.15 bits per heavy atom. The molecular formula is C30H30ClN7S. The van der Waals surface area contributed by atoms with Gasteiger partial charge in [-0.25, -0.2) is 4.98 Å². The van der Waals surface area contributed by atoms with E-state index in [0.717, 1.165) is 73.0 Å². The molecule has 1 aliphatic rings. The summed E-state index contributed by atoms with van der Waals surface area (Å²) < 4.78 is 0.736. The maximum absolute atomic E-state index is 6.16. The maximum Gasteiger partial charge on any atom is 0.134 e. The van der Waals surface area contributed by atoms with Crippen molar-refractivity contribution in [1.82, 2.24) is 30.5 Å². The molecule has 6 rings (SSSR count). The number of aromatic nitrogens is 5. The molecule has 0 saturated heterocycles. The highest BCUT2D eigenvalue weighted by Crippen LogP contribution is 2.35. The van der Waals surface area contributed by atoms with Crippen molar-refractivity contribution in [3.63, 3.8) is 0 Å². The molecule has 0 atom stereocenters. The standard InChI is InChI=1S/C30H30ClN7S/c1-18-23(11-12-34-28(18)26-9-10-27(31)39-26)35-19(2)29-30-25(37-38-29)8-7-24(36-30)22-13-21(16-33-17-22)15-32-14-20-5-3-4-6-20/h7-13,16-17,20,32H,2-6,14-15H2,1H3,(H,34,35)(H,37,38). The average Bonchev–Trinajstić information content (AvgIpc) is 3.71. The largest absolute Gasteiger partial charge is 0.354 e. The van der Waals surface area contributed by atoms with Gasteiger partial charge in [0.15, 0.2) is 0 Å². The number of nitrogens with zero attached hydrogens (tertiary/aromatic N) is 4. The Balaban J connectivity index is 1.21. The SMILES string of the molecule is C=C(Nc1ccnc(-c2ccc(Cl)s2)c1C)c1n[nH]c2ccc(-c3cncc(CNCC4CCCC4)c3)nc12. The fourth-order valence-corrected chi connectivity index (χ4v) is 6.31. The van der Waals surface area contributed by atoms with E-state index < -0.39 is 0 Å². The normalized spacial score (nSPS) is 13.8. The first-order valence-electron chi connectivity index (χ1n) is 13.2. The highest BCUT2D eigenvalue weighted by Gasteiger charge is 2.16. The quantitative estimate of drug-likeness (QED) is 0.175. The molecule has 3 N–H and O–H groups in total. The lowest BCUT2D eigenvalue weighted by molar-refractivity contribution is 0.489. The summed E-state index contributed by atoms with van der Waals surface area (Å²) >= 11 is 7.67. The van der Waals surface area contributed by atoms with Crippen LogP contribution in [-0.2, 0) is 6.54 Å². The molecular weight excluding hydrogens is 526 g/mol. The Kier molecular flexibility index (Phi) is 7.41. The minimum Gasteiger partial charge on any atom is -0.354 e. The molecule has 1 fully saturated rings. The van der Waals surface area contributed by atoms with Gasteiger partial charge in [-0.05, 0) is 79.8 Å². The predicted octanol–water partition coefficient (Wildman–Crippen LogP) is 7.47. The number of hydrogen-bond donors (Lipinski definition) is 3. The molecule has 1 aliphatic carbocycles. The molecule has 5 aromatic rings. The Bertz CT molecular complexity index is 1630. The zero-order valence-corrected chi connectivity index (χ0v) is 23.4. The minimum absolute atomic E-state index is 0.651. The van der Waals surface area contributed by atoms with E-state index in [-0.39, 0.29) is 0 Å². The molecule has 0 unspecified atom stereocenters. The number of halogens is 1. The number of H-pyrrole nitrogens is 1. The van der Waals surface area contributed by atoms with Gasteiger partial charge in [0.1, 0.15) is 11.2 Å². The Morgan fingerprint density at radius 2 is 2.03 bits per heavy atom. The van der Waals surface area contributed by atoms with Crippen LogP contribution >= 0.6 is 22.9 Å². The van der Waals surface area contributed by atoms with Gasteiger partial charge in [-0.3, -0.25) is 15.1 Å². The van der Waals surface area contributed by atoms with E-state index in [1.807, 2.05) is 49.6 Å². The van der Waals surface area contributed by atoms with Gasteiger partial charge >= 0.3 is 0 Å². The molecule has 1 saturated carbocycles. The number of pyridine rings is 3. The lowest BCUT2D eigenvalue weighted by atomic mass is 10.1. The van der Waals surface area contributed by atoms with Crippen molar-refractivity contribution in [1.29, 1.82) is 0 Å². The lowest BCUT2D eigenvalue weighted by Gasteiger charge is -2.13. The van der Waals surface area contributed by atoms with Crippen LogP contribution in [0, 0.1) is 12.8 Å². The molecule has 5 aromatic heterocycles. The number of nitrogens with one attached hydrogen (secondary N) is 3. The molecule has 198 valence electrons. The summed E-state index contributed by atoms with van der Waals surface area (Å²) in [6, 6.07) is 12.0. The van der Waals surface area contributed by atoms with E-state index in [1.54, 1.807) is 6.20 Å². The minimum atomic E-state index is 0.651. The van der Waals surface area contributed by atoms with Crippen LogP contribution in [0.5, 0.6) is 0 Å². The number of anilines is 1. The summed E-state index contributed by atoms with van der Waals surface area (Å²) in [7, 11) is 0. The van der Waals surface area contributed by atoms with Crippen LogP contribution in [0.25, 0.3) is 38.6 Å². The first-order chi connectivity index (χ1) is 19.0. The molecule has 0 bridgehead atoms. The number of rotatable bonds is 9. The zero-order valence-electron chi connectivity index (χ0n) is 21.8. The van der Waals surface area contributed by atoms with Gasteiger partial charge in [-0.1, -0.05) is 31.0 Å². The van der Waals surface area contributed by atoms with Gasteiger partial charge in [0.2, 0.25) is 0 Å². The van der Waals surface area contributed by atoms with Gasteiger partial charge in [-0.15, -0.1) is 11.3 Å². The summed E-state index contributed by atoms with van der Waals surface area (Å²) in [5.41, 5.74) is 8.71. The van der Waals surface area contributed by atoms with E-state index in [2.05, 4.69) is 43.4 Å². The molecule has 0 aliphatic heterocycles. The third kappa shape index (κ3) is 5.59. The van der Waals surface area contributed by atoms with Gasteiger partial charge in [0.05, 0.1) is 31.8 Å². The van der Waals surface area contributed by atoms with Gasteiger partial charge in [-0.2, -0.15) is 5.10 Å². The molecule has 0 amide bonds. The van der Waals surface area contributed by atoms with Crippen molar-refractivity contribution in [3.8, 4) is 21.8 Å². The molecule has 0 radical (unpaired) electrons. The second-order valence-electron chi connectivity index (χ2n) is 10.1. The molecule has 0 aromatic carbocycles. The first-order valence-corrected chi connectivity index (χ1v) is 14.4. The molecule has 9 heteroatoms. The zero-order chi connectivity index (χ0) is 26.8. The lowest BCUT2D eigenvalue weighted by Crippen LogP contribution is -2.20. The summed E-state index contributed by atoms with van der Waals surface area (Å²) in [5, 5.41) is 14.7. The third-order valence-electron chi connectivity index (χ3n) is 7.32. The topological polar surface area (TPSA) is 91.4 Å². The number of hydrogen-bond acceptors (Lipinski definition) is 7. The van der Waals surface area contributed by atoms with E-state index >= 15 is 0 Å². The van der Waals surface area contributed by atoms with E-state index in [0.29, 0.717) is 11.4 Å². The van der Waals surface area contributed by atoms with Crippen LogP contribution in [-0.4, -0.2) is 31.7 Å². The molecule has 7 nitrogen and oxygen atoms in total. The van der Waals surface area contributed by atoms with E-state index in [1.165, 1.54) is 37.0 Å². The fraction of sp³-hybridized carbons (Fsp3) is 0.267. The van der Waals surface area contributed by atoms with Crippen LogP contribution < -0.4 is 10.6 Å². The first kappa shape index (κ1) is 25.7. The highest BCUT2D eigenvalue weighted by atomic mass is 35.5. The number of aromatic amines is 1. The van der Waals surface area contributed by atoms with Crippen LogP contribution in [0.15, 0.2) is 61.6 Å². The fourth-order valence-electron chi connectivity index (χ4n) is 5.21. The molecule has 5 heterocycles. The monoisotopic (exact) mass is 555 g/mol. The Morgan fingerprint density at radius 3 is 2.85 bits per heavy atom. The van der Waals surface area contributed by atoms with Crippen molar-refractivity contribution in [3.05, 3.63) is 82.7 Å². The molecule has 0 spiro atoms. The second kappa shape index (κ2) is 11.3. The predicted molar refractivity (Wildman–Crippen MR) is 161 cm³/mol. The van der Waals surface area contributed by atoms with Crippen LogP contribution in [0.1, 0.15) is 42.5 Å². The van der Waals surface area contributed by atoms with Crippen molar-refractivity contribution in [2.75, 3.05) is 11.9 Å². The van der Waals surface area contributed by atoms with E-state index in [9.17, 15) is 0 Å². The summed E-state index contributed by atoms with van der Waals surface area (Å²) in [6.45, 7) is 8.19. The summed E-state index contributed by atoms with van der Waals surface area (Å²) in [4.78, 5) is 15.0. The van der Waals surface area contributed by atoms with Crippen molar-refractivity contribution >= 4 is 45.4 Å². The van der Waals surface area contributed by atoms with E-state index in [4.69, 9.17) is 16.6 Å². The second-order valence-corrected chi connectivity index (χ2v) is 11.8. The van der Waals surface area contributed by atoms with Gasteiger partial charge in [0, 0.05) is 36.4 Å². The van der Waals surface area contributed by atoms with Crippen molar-refractivity contribution < 1.29 is 0 Å². The summed E-state index contributed by atoms with van der Waals surface area (Å²) in [6.07, 6.45) is 11.0. The Hall–Kier alpha value is -3.59. The average molecular weight is 556 g/mol. The number of thiophene rings is 1. The smallest absolute Gasteiger partial charge is 0.134 e. The third-order valence-corrected chi connectivity index (χ3v) is 8.56. The molecule has 39 heavy (non-hydrogen) atoms. The van der Waals surface area contributed by atoms with Crippen LogP contribution in [0.3, 0.4) is 0 Å². The Labute approximate surface area is 236 Å². The van der Waals surface area contributed by atoms with Gasteiger partial charge in [0.25, 0.3) is 0 Å². The summed E-state index contributed by atoms with van der Waals surface area (Å²) in [5.74, 6) is 0.808.